The number of methoxy groups -OCH3 is 1. The molecule has 5 heterocycles. The second kappa shape index (κ2) is 9.42. The Morgan fingerprint density at radius 1 is 1.37 bits per heavy atom. The molecule has 2 aliphatic heterocycles. The van der Waals surface area contributed by atoms with Crippen molar-refractivity contribution in [2.24, 2.45) is 17.6 Å². The molecule has 3 N–H and O–H groups in total. The lowest BCUT2D eigenvalue weighted by Crippen LogP contribution is -2.64. The Balaban J connectivity index is 1.62. The van der Waals surface area contributed by atoms with Crippen LogP contribution in [-0.2, 0) is 32.3 Å². The number of carboxylic acids is 1. The lowest BCUT2D eigenvalue weighted by atomic mass is 9.77. The van der Waals surface area contributed by atoms with E-state index >= 15 is 0 Å². The summed E-state index contributed by atoms with van der Waals surface area (Å²) in [6.07, 6.45) is 3.87. The molecule has 0 saturated carbocycles. The first kappa shape index (κ1) is 25.7. The molecule has 1 saturated heterocycles. The van der Waals surface area contributed by atoms with Gasteiger partial charge in [0.25, 0.3) is 5.91 Å². The van der Waals surface area contributed by atoms with Crippen molar-refractivity contribution in [3.8, 4) is 0 Å². The van der Waals surface area contributed by atoms with Crippen LogP contribution >= 0.6 is 11.3 Å². The first-order valence-corrected chi connectivity index (χ1v) is 12.7. The van der Waals surface area contributed by atoms with Crippen molar-refractivity contribution in [1.82, 2.24) is 14.3 Å². The largest absolute Gasteiger partial charge is 0.543 e. The topological polar surface area (TPSA) is 171 Å². The summed E-state index contributed by atoms with van der Waals surface area (Å²) in [5.74, 6) is -3.59. The SMILES string of the molecule is COCc1nc(C(=O)c2ccc[n+](CC(N)=O)c2)c2sc(C3=C(C(=O)[O-])N4C(=O)[C@H]([C@@H](C)O)[C@H]4[C@H]3C)cn12. The van der Waals surface area contributed by atoms with E-state index in [4.69, 9.17) is 10.5 Å². The number of β-lactam (4-membered cyclic amide) rings is 1. The average molecular weight is 540 g/mol. The number of pyridine rings is 1. The van der Waals surface area contributed by atoms with Crippen LogP contribution in [0.25, 0.3) is 10.4 Å². The van der Waals surface area contributed by atoms with Gasteiger partial charge in [-0.05, 0) is 13.0 Å². The number of aliphatic carboxylic acids is 1. The fraction of sp³-hybridized carbons (Fsp3) is 0.360. The third-order valence-electron chi connectivity index (χ3n) is 6.97. The molecule has 13 heteroatoms. The summed E-state index contributed by atoms with van der Waals surface area (Å²) in [5, 5.41) is 22.3. The van der Waals surface area contributed by atoms with Crippen LogP contribution in [0, 0.1) is 11.8 Å². The summed E-state index contributed by atoms with van der Waals surface area (Å²) in [6, 6.07) is 2.71. The Morgan fingerprint density at radius 2 is 2.11 bits per heavy atom. The number of rotatable bonds is 9. The predicted molar refractivity (Wildman–Crippen MR) is 130 cm³/mol. The highest BCUT2D eigenvalue weighted by molar-refractivity contribution is 7.18. The standard InChI is InChI=1S/C25H25N5O7S/c1-11-17(21(25(35)36)30-20(11)18(12(2)31)23(30)34)14-8-29-16(10-37-3)27-19(24(29)38-14)22(33)13-5-4-6-28(7-13)9-15(26)32/h4-8,11-12,18,20,31H,9-10H2,1-3H3,(H2-,26,32,35,36)/t11-,12+,18+,20+/m0/s1. The molecule has 12 nitrogen and oxygen atoms in total. The van der Waals surface area contributed by atoms with Gasteiger partial charge >= 0.3 is 0 Å². The van der Waals surface area contributed by atoms with E-state index in [1.165, 1.54) is 41.0 Å². The minimum Gasteiger partial charge on any atom is -0.543 e. The van der Waals surface area contributed by atoms with Crippen molar-refractivity contribution >= 4 is 45.3 Å². The first-order chi connectivity index (χ1) is 18.0. The maximum absolute atomic E-state index is 13.5. The summed E-state index contributed by atoms with van der Waals surface area (Å²) in [6.45, 7) is 3.30. The average Bonchev–Trinajstić information content (AvgIpc) is 3.48. The molecule has 5 rings (SSSR count). The van der Waals surface area contributed by atoms with Crippen molar-refractivity contribution in [3.63, 3.8) is 0 Å². The van der Waals surface area contributed by atoms with Gasteiger partial charge in [-0.15, -0.1) is 11.3 Å². The maximum atomic E-state index is 13.5. The number of aromatic nitrogens is 3. The number of ether oxygens (including phenoxy) is 1. The van der Waals surface area contributed by atoms with E-state index in [-0.39, 0.29) is 30.1 Å². The number of hydrogen-bond donors (Lipinski definition) is 2. The molecule has 198 valence electrons. The van der Waals surface area contributed by atoms with Crippen molar-refractivity contribution < 1.29 is 38.7 Å². The van der Waals surface area contributed by atoms with E-state index in [0.29, 0.717) is 21.1 Å². The fourth-order valence-electron chi connectivity index (χ4n) is 5.40. The minimum atomic E-state index is -1.49. The number of carboxylic acid groups (broad SMARTS) is 1. The number of ketones is 1. The van der Waals surface area contributed by atoms with Gasteiger partial charge in [0.2, 0.25) is 18.2 Å². The quantitative estimate of drug-likeness (QED) is 0.195. The van der Waals surface area contributed by atoms with Crippen molar-refractivity contribution in [2.45, 2.75) is 39.1 Å². The van der Waals surface area contributed by atoms with E-state index in [1.807, 2.05) is 6.92 Å². The molecular weight excluding hydrogens is 514 g/mol. The molecule has 2 amide bonds. The molecule has 0 spiro atoms. The summed E-state index contributed by atoms with van der Waals surface area (Å²) >= 11 is 1.17. The van der Waals surface area contributed by atoms with Crippen LogP contribution in [0.4, 0.5) is 0 Å². The van der Waals surface area contributed by atoms with Gasteiger partial charge in [-0.25, -0.2) is 4.98 Å². The van der Waals surface area contributed by atoms with Gasteiger partial charge in [-0.1, -0.05) is 6.92 Å². The Bertz CT molecular complexity index is 1540. The molecule has 0 radical (unpaired) electrons. The van der Waals surface area contributed by atoms with Crippen molar-refractivity contribution in [2.75, 3.05) is 7.11 Å². The summed E-state index contributed by atoms with van der Waals surface area (Å²) < 4.78 is 8.44. The summed E-state index contributed by atoms with van der Waals surface area (Å²) in [5.41, 5.74) is 5.87. The van der Waals surface area contributed by atoms with E-state index < -0.39 is 47.5 Å². The molecule has 4 atom stereocenters. The fourth-order valence-corrected chi connectivity index (χ4v) is 6.65. The lowest BCUT2D eigenvalue weighted by molar-refractivity contribution is -0.684. The van der Waals surface area contributed by atoms with Crippen molar-refractivity contribution in [1.29, 1.82) is 0 Å². The zero-order valence-electron chi connectivity index (χ0n) is 20.8. The van der Waals surface area contributed by atoms with E-state index in [9.17, 15) is 29.4 Å². The number of imidazole rings is 1. The molecule has 0 bridgehead atoms. The van der Waals surface area contributed by atoms with Gasteiger partial charge < -0.3 is 30.4 Å². The second-order valence-electron chi connectivity index (χ2n) is 9.44. The van der Waals surface area contributed by atoms with Gasteiger partial charge in [0.1, 0.15) is 23.0 Å². The third kappa shape index (κ3) is 3.90. The first-order valence-electron chi connectivity index (χ1n) is 11.8. The van der Waals surface area contributed by atoms with Crippen LogP contribution in [0.5, 0.6) is 0 Å². The van der Waals surface area contributed by atoms with Gasteiger partial charge in [0.05, 0.1) is 40.2 Å². The van der Waals surface area contributed by atoms with Crippen LogP contribution < -0.4 is 15.4 Å². The number of aliphatic hydroxyl groups is 1. The molecule has 2 aliphatic rings. The van der Waals surface area contributed by atoms with E-state index in [2.05, 4.69) is 4.98 Å². The second-order valence-corrected chi connectivity index (χ2v) is 10.5. The molecule has 0 aromatic carbocycles. The molecule has 38 heavy (non-hydrogen) atoms. The number of carbonyl (C=O) groups is 4. The van der Waals surface area contributed by atoms with Crippen LogP contribution in [0.2, 0.25) is 0 Å². The predicted octanol–water partition coefficient (Wildman–Crippen LogP) is -1.14. The number of fused-ring (bicyclic) bond motifs is 2. The van der Waals surface area contributed by atoms with E-state index in [1.54, 1.807) is 28.9 Å². The van der Waals surface area contributed by atoms with Crippen molar-refractivity contribution in [3.05, 3.63) is 58.4 Å². The zero-order valence-corrected chi connectivity index (χ0v) is 21.6. The molecule has 3 aromatic rings. The number of carbonyl (C=O) groups excluding carboxylic acids is 4. The molecular formula is C25H25N5O7S. The number of aliphatic hydroxyl groups excluding tert-OH is 1. The molecule has 0 aliphatic carbocycles. The van der Waals surface area contributed by atoms with Gasteiger partial charge in [-0.2, -0.15) is 4.57 Å². The number of nitrogens with two attached hydrogens (primary N) is 1. The maximum Gasteiger partial charge on any atom is 0.283 e. The molecule has 1 fully saturated rings. The van der Waals surface area contributed by atoms with Gasteiger partial charge in [-0.3, -0.25) is 18.8 Å². The number of nitrogens with zero attached hydrogens (tertiary/aromatic N) is 4. The highest BCUT2D eigenvalue weighted by atomic mass is 32.1. The summed E-state index contributed by atoms with van der Waals surface area (Å²) in [4.78, 5) is 56.4. The number of hydrogen-bond acceptors (Lipinski definition) is 9. The third-order valence-corrected chi connectivity index (χ3v) is 8.10. The zero-order chi connectivity index (χ0) is 27.5. The van der Waals surface area contributed by atoms with Crippen LogP contribution in [0.15, 0.2) is 36.4 Å². The highest BCUT2D eigenvalue weighted by Gasteiger charge is 2.59. The van der Waals surface area contributed by atoms with Crippen LogP contribution in [0.1, 0.15) is 40.6 Å². The highest BCUT2D eigenvalue weighted by Crippen LogP contribution is 2.51. The Hall–Kier alpha value is -3.94. The molecule has 0 unspecified atom stereocenters. The normalized spacial score (nSPS) is 21.5. The minimum absolute atomic E-state index is 0.0837. The monoisotopic (exact) mass is 539 g/mol. The molecule has 3 aromatic heterocycles. The number of amides is 2. The Labute approximate surface area is 220 Å². The number of thiazole rings is 1. The van der Waals surface area contributed by atoms with E-state index in [0.717, 1.165) is 0 Å². The number of primary amides is 1. The lowest BCUT2D eigenvalue weighted by Gasteiger charge is -2.47. The van der Waals surface area contributed by atoms with Crippen LogP contribution in [0.3, 0.4) is 0 Å². The summed E-state index contributed by atoms with van der Waals surface area (Å²) in [7, 11) is 1.49. The Kier molecular flexibility index (Phi) is 6.37. The smallest absolute Gasteiger partial charge is 0.283 e. The van der Waals surface area contributed by atoms with Crippen LogP contribution in [-0.4, -0.2) is 62.2 Å². The van der Waals surface area contributed by atoms with Gasteiger partial charge in [0.15, 0.2) is 12.4 Å². The Morgan fingerprint density at radius 3 is 2.74 bits per heavy atom. The van der Waals surface area contributed by atoms with Gasteiger partial charge in [0, 0.05) is 30.9 Å².